The van der Waals surface area contributed by atoms with Crippen LogP contribution in [0.15, 0.2) is 0 Å². The molecule has 0 aliphatic rings. The van der Waals surface area contributed by atoms with Crippen LogP contribution in [-0.4, -0.2) is 26.4 Å². The van der Waals surface area contributed by atoms with Crippen molar-refractivity contribution in [1.29, 1.82) is 0 Å². The van der Waals surface area contributed by atoms with Gasteiger partial charge in [0.25, 0.3) is 0 Å². The fourth-order valence-corrected chi connectivity index (χ4v) is 3.05. The number of rotatable bonds is 4. The van der Waals surface area contributed by atoms with Crippen molar-refractivity contribution in [3.8, 4) is 0 Å². The maximum absolute atomic E-state index is 6.16. The molecule has 0 unspecified atom stereocenters. The Morgan fingerprint density at radius 3 is 2.08 bits per heavy atom. The quantitative estimate of drug-likeness (QED) is 0.667. The van der Waals surface area contributed by atoms with Gasteiger partial charge >= 0.3 is 0 Å². The average Bonchev–Trinajstić information content (AvgIpc) is 1.83. The van der Waals surface area contributed by atoms with Crippen LogP contribution in [0.25, 0.3) is 0 Å². The summed E-state index contributed by atoms with van der Waals surface area (Å²) in [5, 5.41) is 0.333. The van der Waals surface area contributed by atoms with Gasteiger partial charge in [0.15, 0.2) is 8.32 Å². The lowest BCUT2D eigenvalue weighted by Gasteiger charge is -2.38. The van der Waals surface area contributed by atoms with Crippen molar-refractivity contribution in [3.05, 3.63) is 0 Å². The lowest BCUT2D eigenvalue weighted by Crippen LogP contribution is -2.43. The smallest absolute Gasteiger partial charge is 0.192 e. The largest absolute Gasteiger partial charge is 0.413 e. The predicted octanol–water partition coefficient (Wildman–Crippen LogP) is 3.76. The molecular formula is C10H24OSSi. The zero-order chi connectivity index (χ0) is 10.7. The molecule has 1 nitrogen and oxygen atoms in total. The van der Waals surface area contributed by atoms with Gasteiger partial charge in [0.05, 0.1) is 6.10 Å². The van der Waals surface area contributed by atoms with Crippen molar-refractivity contribution in [2.24, 2.45) is 0 Å². The summed E-state index contributed by atoms with van der Waals surface area (Å²) in [6, 6.07) is 0. The standard InChI is InChI=1S/C10H24OSSi/c1-9(8-12-5)11-13(6,7)10(2,3)4/h9H,8H2,1-7H3/t9-/m0/s1. The van der Waals surface area contributed by atoms with Gasteiger partial charge in [-0.25, -0.2) is 0 Å². The minimum absolute atomic E-state index is 0.333. The Bertz CT molecular complexity index is 151. The van der Waals surface area contributed by atoms with Gasteiger partial charge in [-0.3, -0.25) is 0 Å². The third-order valence-corrected chi connectivity index (χ3v) is 8.11. The molecule has 0 aliphatic carbocycles. The van der Waals surface area contributed by atoms with Crippen LogP contribution in [0.3, 0.4) is 0 Å². The van der Waals surface area contributed by atoms with Crippen LogP contribution in [0.1, 0.15) is 27.7 Å². The van der Waals surface area contributed by atoms with E-state index in [9.17, 15) is 0 Å². The second-order valence-corrected chi connectivity index (χ2v) is 10.8. The van der Waals surface area contributed by atoms with Gasteiger partial charge in [-0.05, 0) is 31.3 Å². The molecule has 0 aromatic rings. The summed E-state index contributed by atoms with van der Waals surface area (Å²) in [5.74, 6) is 1.10. The number of thioether (sulfide) groups is 1. The monoisotopic (exact) mass is 220 g/mol. The van der Waals surface area contributed by atoms with Crippen LogP contribution in [0.2, 0.25) is 18.1 Å². The summed E-state index contributed by atoms with van der Waals surface area (Å²) >= 11 is 1.86. The topological polar surface area (TPSA) is 9.23 Å². The van der Waals surface area contributed by atoms with Crippen LogP contribution >= 0.6 is 11.8 Å². The van der Waals surface area contributed by atoms with Crippen molar-refractivity contribution in [1.82, 2.24) is 0 Å². The Morgan fingerprint density at radius 1 is 1.31 bits per heavy atom. The molecule has 80 valence electrons. The van der Waals surface area contributed by atoms with E-state index in [0.29, 0.717) is 11.1 Å². The van der Waals surface area contributed by atoms with Crippen molar-refractivity contribution in [2.75, 3.05) is 12.0 Å². The van der Waals surface area contributed by atoms with Gasteiger partial charge in [0, 0.05) is 5.75 Å². The Balaban J connectivity index is 4.17. The molecule has 13 heavy (non-hydrogen) atoms. The van der Waals surface area contributed by atoms with Crippen molar-refractivity contribution >= 4 is 20.1 Å². The second-order valence-electron chi connectivity index (χ2n) is 5.14. The molecular weight excluding hydrogens is 196 g/mol. The van der Waals surface area contributed by atoms with E-state index < -0.39 is 8.32 Å². The van der Waals surface area contributed by atoms with E-state index in [1.54, 1.807) is 0 Å². The fourth-order valence-electron chi connectivity index (χ4n) is 0.948. The van der Waals surface area contributed by atoms with E-state index in [1.165, 1.54) is 0 Å². The van der Waals surface area contributed by atoms with E-state index in [0.717, 1.165) is 5.75 Å². The normalized spacial score (nSPS) is 15.9. The predicted molar refractivity (Wildman–Crippen MR) is 66.1 cm³/mol. The highest BCUT2D eigenvalue weighted by atomic mass is 32.2. The van der Waals surface area contributed by atoms with E-state index in [1.807, 2.05) is 11.8 Å². The molecule has 1 atom stereocenters. The minimum atomic E-state index is -1.52. The Kier molecular flexibility index (Phi) is 5.05. The van der Waals surface area contributed by atoms with Gasteiger partial charge in [-0.2, -0.15) is 11.8 Å². The molecule has 3 heteroatoms. The van der Waals surface area contributed by atoms with Crippen LogP contribution < -0.4 is 0 Å². The number of hydrogen-bond acceptors (Lipinski definition) is 2. The first-order valence-corrected chi connectivity index (χ1v) is 9.17. The lowest BCUT2D eigenvalue weighted by atomic mass is 10.2. The fraction of sp³-hybridized carbons (Fsp3) is 1.00. The van der Waals surface area contributed by atoms with Crippen LogP contribution in [0.5, 0.6) is 0 Å². The average molecular weight is 220 g/mol. The molecule has 0 rings (SSSR count). The first kappa shape index (κ1) is 13.5. The van der Waals surface area contributed by atoms with Crippen LogP contribution in [0, 0.1) is 0 Å². The summed E-state index contributed by atoms with van der Waals surface area (Å²) in [4.78, 5) is 0. The van der Waals surface area contributed by atoms with Gasteiger partial charge in [-0.15, -0.1) is 0 Å². The molecule has 0 heterocycles. The molecule has 0 saturated heterocycles. The molecule has 0 bridgehead atoms. The summed E-state index contributed by atoms with van der Waals surface area (Å²) in [6.07, 6.45) is 2.53. The minimum Gasteiger partial charge on any atom is -0.413 e. The molecule has 0 N–H and O–H groups in total. The molecule has 0 aliphatic heterocycles. The lowest BCUT2D eigenvalue weighted by molar-refractivity contribution is 0.222. The van der Waals surface area contributed by atoms with E-state index >= 15 is 0 Å². The summed E-state index contributed by atoms with van der Waals surface area (Å²) in [5.41, 5.74) is 0. The Labute approximate surface area is 88.8 Å². The highest BCUT2D eigenvalue weighted by Crippen LogP contribution is 2.37. The molecule has 0 amide bonds. The zero-order valence-electron chi connectivity index (χ0n) is 10.1. The van der Waals surface area contributed by atoms with Crippen LogP contribution in [0.4, 0.5) is 0 Å². The first-order valence-electron chi connectivity index (χ1n) is 4.87. The summed E-state index contributed by atoms with van der Waals surface area (Å²) < 4.78 is 6.16. The number of hydrogen-bond donors (Lipinski definition) is 0. The van der Waals surface area contributed by atoms with Crippen LogP contribution in [-0.2, 0) is 4.43 Å². The summed E-state index contributed by atoms with van der Waals surface area (Å²) in [6.45, 7) is 13.6. The van der Waals surface area contributed by atoms with Crippen molar-refractivity contribution < 1.29 is 4.43 Å². The maximum atomic E-state index is 6.16. The highest BCUT2D eigenvalue weighted by Gasteiger charge is 2.38. The molecule has 0 aromatic carbocycles. The highest BCUT2D eigenvalue weighted by molar-refractivity contribution is 7.98. The van der Waals surface area contributed by atoms with E-state index in [-0.39, 0.29) is 0 Å². The Morgan fingerprint density at radius 2 is 1.77 bits per heavy atom. The first-order chi connectivity index (χ1) is 5.70. The zero-order valence-corrected chi connectivity index (χ0v) is 11.9. The van der Waals surface area contributed by atoms with Gasteiger partial charge in [0.1, 0.15) is 0 Å². The molecule has 0 spiro atoms. The van der Waals surface area contributed by atoms with Gasteiger partial charge < -0.3 is 4.43 Å². The third-order valence-electron chi connectivity index (χ3n) is 2.70. The van der Waals surface area contributed by atoms with Crippen molar-refractivity contribution in [3.63, 3.8) is 0 Å². The molecule has 0 aromatic heterocycles. The molecule has 0 saturated carbocycles. The summed E-state index contributed by atoms with van der Waals surface area (Å²) in [7, 11) is -1.52. The third kappa shape index (κ3) is 4.52. The van der Waals surface area contributed by atoms with Crippen molar-refractivity contribution in [2.45, 2.75) is 51.9 Å². The van der Waals surface area contributed by atoms with E-state index in [4.69, 9.17) is 4.43 Å². The molecule has 0 fully saturated rings. The SMILES string of the molecule is CSC[C@H](C)O[Si](C)(C)C(C)(C)C. The van der Waals surface area contributed by atoms with E-state index in [2.05, 4.69) is 47.0 Å². The Hall–Kier alpha value is 0.527. The van der Waals surface area contributed by atoms with Gasteiger partial charge in [0.2, 0.25) is 0 Å². The molecule has 0 radical (unpaired) electrons. The maximum Gasteiger partial charge on any atom is 0.192 e. The van der Waals surface area contributed by atoms with Gasteiger partial charge in [-0.1, -0.05) is 20.8 Å². The second kappa shape index (κ2) is 4.85.